The van der Waals surface area contributed by atoms with Crippen molar-refractivity contribution < 1.29 is 0 Å². The first kappa shape index (κ1) is 17.6. The number of fused-ring (bicyclic) bond motifs is 1. The third-order valence-electron chi connectivity index (χ3n) is 5.66. The van der Waals surface area contributed by atoms with E-state index in [9.17, 15) is 0 Å². The summed E-state index contributed by atoms with van der Waals surface area (Å²) in [6.45, 7) is 1.09. The summed E-state index contributed by atoms with van der Waals surface area (Å²) in [5.74, 6) is 1.28. The highest BCUT2D eigenvalue weighted by molar-refractivity contribution is 8.00. The summed E-state index contributed by atoms with van der Waals surface area (Å²) >= 11 is 1.96. The van der Waals surface area contributed by atoms with E-state index in [4.69, 9.17) is 4.99 Å². The van der Waals surface area contributed by atoms with Gasteiger partial charge in [0, 0.05) is 11.4 Å². The van der Waals surface area contributed by atoms with E-state index in [1.807, 2.05) is 11.8 Å². The minimum Gasteiger partial charge on any atom is -0.350 e. The van der Waals surface area contributed by atoms with Crippen molar-refractivity contribution in [1.29, 1.82) is 0 Å². The standard InChI is InChI=1S/C25H24N2S/c1-4-11-19(12-5-1)23-24(20-13-6-2-7-14-20)27-18-10-17-22(25(27)26-23)28-21-15-8-3-9-16-21/h1-9,11-16,22-24H,10,17-18H2. The highest BCUT2D eigenvalue weighted by Crippen LogP contribution is 2.46. The third kappa shape index (κ3) is 3.35. The molecule has 0 saturated carbocycles. The lowest BCUT2D eigenvalue weighted by Gasteiger charge is -2.37. The van der Waals surface area contributed by atoms with Gasteiger partial charge in [-0.05, 0) is 36.1 Å². The van der Waals surface area contributed by atoms with Gasteiger partial charge in [0.2, 0.25) is 0 Å². The molecule has 3 aromatic rings. The number of hydrogen-bond acceptors (Lipinski definition) is 3. The van der Waals surface area contributed by atoms with Crippen molar-refractivity contribution in [3.63, 3.8) is 0 Å². The highest BCUT2D eigenvalue weighted by atomic mass is 32.2. The molecule has 2 heterocycles. The van der Waals surface area contributed by atoms with E-state index in [1.165, 1.54) is 34.7 Å². The van der Waals surface area contributed by atoms with Gasteiger partial charge in [-0.1, -0.05) is 78.9 Å². The van der Waals surface area contributed by atoms with Crippen molar-refractivity contribution in [2.24, 2.45) is 4.99 Å². The zero-order valence-electron chi connectivity index (χ0n) is 15.8. The highest BCUT2D eigenvalue weighted by Gasteiger charge is 2.42. The molecule has 140 valence electrons. The Morgan fingerprint density at radius 3 is 2.04 bits per heavy atom. The van der Waals surface area contributed by atoms with Gasteiger partial charge in [-0.3, -0.25) is 4.99 Å². The Bertz CT molecular complexity index is 940. The lowest BCUT2D eigenvalue weighted by Crippen LogP contribution is -2.41. The number of piperidine rings is 1. The van der Waals surface area contributed by atoms with Gasteiger partial charge in [0.25, 0.3) is 0 Å². The zero-order valence-corrected chi connectivity index (χ0v) is 16.6. The third-order valence-corrected chi connectivity index (χ3v) is 6.93. The lowest BCUT2D eigenvalue weighted by atomic mass is 9.93. The maximum Gasteiger partial charge on any atom is 0.114 e. The molecule has 0 bridgehead atoms. The Hall–Kier alpha value is -2.52. The Kier molecular flexibility index (Phi) is 4.92. The van der Waals surface area contributed by atoms with Crippen molar-refractivity contribution in [2.45, 2.75) is 35.1 Å². The smallest absolute Gasteiger partial charge is 0.114 e. The molecule has 2 nitrogen and oxygen atoms in total. The minimum absolute atomic E-state index is 0.163. The van der Waals surface area contributed by atoms with Gasteiger partial charge in [-0.2, -0.15) is 0 Å². The van der Waals surface area contributed by atoms with Crippen molar-refractivity contribution in [1.82, 2.24) is 4.90 Å². The van der Waals surface area contributed by atoms with Gasteiger partial charge < -0.3 is 4.90 Å². The quantitative estimate of drug-likeness (QED) is 0.537. The molecular formula is C25H24N2S. The second kappa shape index (κ2) is 7.84. The van der Waals surface area contributed by atoms with Crippen LogP contribution in [0.2, 0.25) is 0 Å². The zero-order chi connectivity index (χ0) is 18.8. The van der Waals surface area contributed by atoms with Crippen molar-refractivity contribution in [2.75, 3.05) is 6.54 Å². The summed E-state index contributed by atoms with van der Waals surface area (Å²) in [5.41, 5.74) is 2.67. The van der Waals surface area contributed by atoms with E-state index in [2.05, 4.69) is 95.9 Å². The number of benzene rings is 3. The predicted octanol–water partition coefficient (Wildman–Crippen LogP) is 6.14. The first-order valence-electron chi connectivity index (χ1n) is 10.1. The molecule has 0 aliphatic carbocycles. The fraction of sp³-hybridized carbons (Fsp3) is 0.240. The van der Waals surface area contributed by atoms with Crippen molar-refractivity contribution in [3.8, 4) is 0 Å². The lowest BCUT2D eigenvalue weighted by molar-refractivity contribution is 0.288. The summed E-state index contributed by atoms with van der Waals surface area (Å²) in [5, 5.41) is 0.427. The van der Waals surface area contributed by atoms with Crippen LogP contribution in [-0.2, 0) is 0 Å². The molecule has 0 amide bonds. The molecule has 0 N–H and O–H groups in total. The molecule has 28 heavy (non-hydrogen) atoms. The van der Waals surface area contributed by atoms with E-state index in [-0.39, 0.29) is 12.1 Å². The number of hydrogen-bond donors (Lipinski definition) is 0. The molecule has 3 aromatic carbocycles. The topological polar surface area (TPSA) is 15.6 Å². The molecule has 2 aliphatic heterocycles. The van der Waals surface area contributed by atoms with Crippen LogP contribution in [0.4, 0.5) is 0 Å². The number of thioether (sulfide) groups is 1. The van der Waals surface area contributed by atoms with Crippen LogP contribution in [-0.4, -0.2) is 22.5 Å². The van der Waals surface area contributed by atoms with Crippen LogP contribution in [0.25, 0.3) is 0 Å². The molecule has 1 fully saturated rings. The van der Waals surface area contributed by atoms with Gasteiger partial charge in [0.1, 0.15) is 11.9 Å². The Labute approximate surface area is 171 Å². The Morgan fingerprint density at radius 1 is 0.750 bits per heavy atom. The average molecular weight is 385 g/mol. The monoisotopic (exact) mass is 384 g/mol. The van der Waals surface area contributed by atoms with E-state index in [0.717, 1.165) is 6.54 Å². The van der Waals surface area contributed by atoms with Crippen LogP contribution >= 0.6 is 11.8 Å². The number of aliphatic imine (C=N–C) groups is 1. The average Bonchev–Trinajstić information content (AvgIpc) is 3.16. The van der Waals surface area contributed by atoms with Crippen LogP contribution < -0.4 is 0 Å². The first-order chi connectivity index (χ1) is 13.9. The molecular weight excluding hydrogens is 360 g/mol. The SMILES string of the molecule is c1ccc(SC2CCCN3C2=NC(c2ccccc2)C3c2ccccc2)cc1. The molecule has 3 atom stereocenters. The van der Waals surface area contributed by atoms with E-state index >= 15 is 0 Å². The van der Waals surface area contributed by atoms with Crippen LogP contribution in [0.1, 0.15) is 36.1 Å². The van der Waals surface area contributed by atoms with Crippen LogP contribution in [0.5, 0.6) is 0 Å². The Balaban J connectivity index is 1.53. The Morgan fingerprint density at radius 2 is 1.36 bits per heavy atom. The second-order valence-corrected chi connectivity index (χ2v) is 8.73. The summed E-state index contributed by atoms with van der Waals surface area (Å²) in [7, 11) is 0. The molecule has 0 spiro atoms. The summed E-state index contributed by atoms with van der Waals surface area (Å²) < 4.78 is 0. The molecule has 0 radical (unpaired) electrons. The van der Waals surface area contributed by atoms with Gasteiger partial charge in [0.05, 0.1) is 11.3 Å². The van der Waals surface area contributed by atoms with Gasteiger partial charge in [-0.25, -0.2) is 0 Å². The van der Waals surface area contributed by atoms with Crippen LogP contribution in [0.3, 0.4) is 0 Å². The predicted molar refractivity (Wildman–Crippen MR) is 118 cm³/mol. The molecule has 3 heteroatoms. The molecule has 2 aliphatic rings. The van der Waals surface area contributed by atoms with Crippen LogP contribution in [0, 0.1) is 0 Å². The van der Waals surface area contributed by atoms with E-state index < -0.39 is 0 Å². The normalized spacial score (nSPS) is 23.9. The first-order valence-corrected chi connectivity index (χ1v) is 10.9. The fourth-order valence-electron chi connectivity index (χ4n) is 4.39. The summed E-state index contributed by atoms with van der Waals surface area (Å²) in [6, 6.07) is 32.9. The van der Waals surface area contributed by atoms with Gasteiger partial charge >= 0.3 is 0 Å². The molecule has 0 aromatic heterocycles. The number of amidine groups is 1. The number of nitrogens with zero attached hydrogens (tertiary/aromatic N) is 2. The molecule has 1 saturated heterocycles. The minimum atomic E-state index is 0.163. The largest absolute Gasteiger partial charge is 0.350 e. The fourth-order valence-corrected chi connectivity index (χ4v) is 5.62. The summed E-state index contributed by atoms with van der Waals surface area (Å²) in [4.78, 5) is 9.25. The van der Waals surface area contributed by atoms with Crippen molar-refractivity contribution in [3.05, 3.63) is 102 Å². The molecule has 3 unspecified atom stereocenters. The van der Waals surface area contributed by atoms with Gasteiger partial charge in [0.15, 0.2) is 0 Å². The second-order valence-electron chi connectivity index (χ2n) is 7.45. The number of rotatable bonds is 4. The van der Waals surface area contributed by atoms with E-state index in [1.54, 1.807) is 0 Å². The maximum atomic E-state index is 5.34. The van der Waals surface area contributed by atoms with Crippen molar-refractivity contribution >= 4 is 17.6 Å². The summed E-state index contributed by atoms with van der Waals surface area (Å²) in [6.07, 6.45) is 2.41. The van der Waals surface area contributed by atoms with E-state index in [0.29, 0.717) is 5.25 Å². The van der Waals surface area contributed by atoms with Crippen LogP contribution in [0.15, 0.2) is 101 Å². The van der Waals surface area contributed by atoms with Gasteiger partial charge in [-0.15, -0.1) is 11.8 Å². The molecule has 5 rings (SSSR count). The maximum absolute atomic E-state index is 5.34.